The third kappa shape index (κ3) is 5.29. The number of methoxy groups -OCH3 is 1. The Morgan fingerprint density at radius 2 is 1.92 bits per heavy atom. The Balaban J connectivity index is 2.07. The largest absolute Gasteiger partial charge is 0.465 e. The molecule has 1 aliphatic carbocycles. The van der Waals surface area contributed by atoms with Gasteiger partial charge in [0.15, 0.2) is 6.61 Å². The Kier molecular flexibility index (Phi) is 7.59. The minimum absolute atomic E-state index is 0.414. The van der Waals surface area contributed by atoms with Crippen LogP contribution in [0.1, 0.15) is 47.0 Å². The maximum atomic E-state index is 12.2. The van der Waals surface area contributed by atoms with Gasteiger partial charge in [-0.05, 0) is 38.2 Å². The number of ether oxygens (including phenoxy) is 2. The van der Waals surface area contributed by atoms with Gasteiger partial charge in [-0.2, -0.15) is 0 Å². The first-order chi connectivity index (χ1) is 12.6. The van der Waals surface area contributed by atoms with Gasteiger partial charge in [0.2, 0.25) is 0 Å². The van der Waals surface area contributed by atoms with E-state index < -0.39 is 24.5 Å². The molecule has 1 aliphatic rings. The van der Waals surface area contributed by atoms with Gasteiger partial charge in [0.25, 0.3) is 5.91 Å². The van der Waals surface area contributed by atoms with Crippen LogP contribution >= 0.6 is 11.3 Å². The highest BCUT2D eigenvalue weighted by molar-refractivity contribution is 7.17. The first-order valence-corrected chi connectivity index (χ1v) is 9.37. The van der Waals surface area contributed by atoms with Gasteiger partial charge in [-0.1, -0.05) is 24.6 Å². The molecule has 0 aliphatic heterocycles. The molecule has 0 fully saturated rings. The number of anilines is 1. The zero-order chi connectivity index (χ0) is 18.9. The van der Waals surface area contributed by atoms with Crippen LogP contribution in [0.4, 0.5) is 5.00 Å². The summed E-state index contributed by atoms with van der Waals surface area (Å²) in [5, 5.41) is 3.16. The molecule has 0 aromatic carbocycles. The summed E-state index contributed by atoms with van der Waals surface area (Å²) in [6.07, 6.45) is 11.1. The van der Waals surface area contributed by atoms with Crippen molar-refractivity contribution in [2.75, 3.05) is 19.0 Å². The van der Waals surface area contributed by atoms with Crippen LogP contribution < -0.4 is 5.32 Å². The molecule has 0 saturated carbocycles. The smallest absolute Gasteiger partial charge is 0.341 e. The van der Waals surface area contributed by atoms with E-state index in [1.165, 1.54) is 30.6 Å². The molecule has 1 aromatic rings. The first kappa shape index (κ1) is 19.9. The van der Waals surface area contributed by atoms with Gasteiger partial charge in [-0.3, -0.25) is 4.79 Å². The molecule has 1 amide bonds. The highest BCUT2D eigenvalue weighted by atomic mass is 32.1. The predicted octanol–water partition coefficient (Wildman–Crippen LogP) is 3.42. The second-order valence-corrected chi connectivity index (χ2v) is 6.91. The van der Waals surface area contributed by atoms with Crippen molar-refractivity contribution in [3.05, 3.63) is 40.3 Å². The van der Waals surface area contributed by atoms with Crippen LogP contribution in [-0.4, -0.2) is 31.6 Å². The summed E-state index contributed by atoms with van der Waals surface area (Å²) in [5.74, 6) is -1.54. The molecule has 26 heavy (non-hydrogen) atoms. The lowest BCUT2D eigenvalue weighted by atomic mass is 10.1. The Morgan fingerprint density at radius 3 is 2.65 bits per heavy atom. The van der Waals surface area contributed by atoms with Crippen molar-refractivity contribution in [1.82, 2.24) is 0 Å². The van der Waals surface area contributed by atoms with Crippen LogP contribution in [0.3, 0.4) is 0 Å². The van der Waals surface area contributed by atoms with Crippen molar-refractivity contribution in [3.8, 4) is 0 Å². The number of fused-ring (bicyclic) bond motifs is 1. The molecule has 6 nitrogen and oxygen atoms in total. The van der Waals surface area contributed by atoms with Crippen LogP contribution in [0.25, 0.3) is 0 Å². The number of amides is 1. The normalized spacial score (nSPS) is 14.1. The summed E-state index contributed by atoms with van der Waals surface area (Å²) in [7, 11) is 1.33. The van der Waals surface area contributed by atoms with Crippen molar-refractivity contribution in [1.29, 1.82) is 0 Å². The van der Waals surface area contributed by atoms with E-state index in [0.29, 0.717) is 10.6 Å². The maximum Gasteiger partial charge on any atom is 0.341 e. The Labute approximate surface area is 156 Å². The lowest BCUT2D eigenvalue weighted by Gasteiger charge is -2.07. The molecule has 1 heterocycles. The van der Waals surface area contributed by atoms with Gasteiger partial charge in [0.1, 0.15) is 5.00 Å². The lowest BCUT2D eigenvalue weighted by molar-refractivity contribution is -0.142. The third-order valence-corrected chi connectivity index (χ3v) is 5.15. The zero-order valence-electron chi connectivity index (χ0n) is 15.0. The van der Waals surface area contributed by atoms with Crippen molar-refractivity contribution < 1.29 is 23.9 Å². The van der Waals surface area contributed by atoms with E-state index in [-0.39, 0.29) is 0 Å². The van der Waals surface area contributed by atoms with Crippen molar-refractivity contribution in [2.24, 2.45) is 0 Å². The van der Waals surface area contributed by atoms with Crippen LogP contribution in [0.5, 0.6) is 0 Å². The van der Waals surface area contributed by atoms with Gasteiger partial charge in [-0.15, -0.1) is 11.3 Å². The fourth-order valence-electron chi connectivity index (χ4n) is 2.74. The van der Waals surface area contributed by atoms with E-state index in [4.69, 9.17) is 9.47 Å². The van der Waals surface area contributed by atoms with Crippen LogP contribution in [0, 0.1) is 0 Å². The number of nitrogens with one attached hydrogen (secondary N) is 1. The summed E-state index contributed by atoms with van der Waals surface area (Å²) in [5.41, 5.74) is 1.41. The molecule has 0 radical (unpaired) electrons. The number of aryl methyl sites for hydroxylation is 1. The summed E-state index contributed by atoms with van der Waals surface area (Å²) < 4.78 is 9.78. The molecule has 0 atom stereocenters. The molecule has 0 spiro atoms. The Bertz CT molecular complexity index is 733. The summed E-state index contributed by atoms with van der Waals surface area (Å²) in [6, 6.07) is 0. The molecular weight excluding hydrogens is 354 g/mol. The van der Waals surface area contributed by atoms with E-state index >= 15 is 0 Å². The molecule has 0 saturated heterocycles. The fraction of sp³-hybridized carbons (Fsp3) is 0.421. The number of allylic oxidation sites excluding steroid dienone is 3. The topological polar surface area (TPSA) is 81.7 Å². The maximum absolute atomic E-state index is 12.2. The molecule has 0 unspecified atom stereocenters. The van der Waals surface area contributed by atoms with E-state index in [2.05, 4.69) is 5.32 Å². The molecular formula is C19H23NO5S. The number of thiophene rings is 1. The second kappa shape index (κ2) is 9.91. The first-order valence-electron chi connectivity index (χ1n) is 8.55. The standard InChI is InChI=1S/C19H23NO5S/c1-3-4-6-11-16(22)25-12-15(21)20-18-17(19(23)24-2)13-9-7-5-8-10-14(13)26-18/h3-4,6,11H,5,7-10,12H2,1-2H3,(H,20,21)/b4-3+,11-6+. The second-order valence-electron chi connectivity index (χ2n) is 5.80. The number of carbonyl (C=O) groups is 3. The predicted molar refractivity (Wildman–Crippen MR) is 100 cm³/mol. The quantitative estimate of drug-likeness (QED) is 0.356. The minimum Gasteiger partial charge on any atom is -0.465 e. The van der Waals surface area contributed by atoms with Crippen molar-refractivity contribution in [3.63, 3.8) is 0 Å². The highest BCUT2D eigenvalue weighted by Crippen LogP contribution is 2.37. The minimum atomic E-state index is -0.603. The lowest BCUT2D eigenvalue weighted by Crippen LogP contribution is -2.21. The summed E-state index contributed by atoms with van der Waals surface area (Å²) in [6.45, 7) is 1.41. The van der Waals surface area contributed by atoms with Gasteiger partial charge in [0, 0.05) is 11.0 Å². The molecule has 2 rings (SSSR count). The highest BCUT2D eigenvalue weighted by Gasteiger charge is 2.26. The number of hydrogen-bond acceptors (Lipinski definition) is 6. The van der Waals surface area contributed by atoms with E-state index in [9.17, 15) is 14.4 Å². The fourth-order valence-corrected chi connectivity index (χ4v) is 4.04. The van der Waals surface area contributed by atoms with E-state index in [1.807, 2.05) is 6.92 Å². The Hall–Kier alpha value is -2.41. The number of hydrogen-bond donors (Lipinski definition) is 1. The zero-order valence-corrected chi connectivity index (χ0v) is 15.8. The molecule has 1 aromatic heterocycles. The Morgan fingerprint density at radius 1 is 1.15 bits per heavy atom. The molecule has 1 N–H and O–H groups in total. The van der Waals surface area contributed by atoms with Gasteiger partial charge >= 0.3 is 11.9 Å². The SMILES string of the molecule is C/C=C/C=C/C(=O)OCC(=O)Nc1sc2c(c1C(=O)OC)CCCCC2. The van der Waals surface area contributed by atoms with Gasteiger partial charge in [-0.25, -0.2) is 9.59 Å². The van der Waals surface area contributed by atoms with E-state index in [0.717, 1.165) is 42.5 Å². The number of esters is 2. The monoisotopic (exact) mass is 377 g/mol. The molecule has 7 heteroatoms. The number of rotatable bonds is 6. The number of carbonyl (C=O) groups excluding carboxylic acids is 3. The molecule has 140 valence electrons. The van der Waals surface area contributed by atoms with Gasteiger partial charge < -0.3 is 14.8 Å². The van der Waals surface area contributed by atoms with Crippen molar-refractivity contribution in [2.45, 2.75) is 39.0 Å². The average Bonchev–Trinajstić information content (AvgIpc) is 2.80. The van der Waals surface area contributed by atoms with Crippen LogP contribution in [-0.2, 0) is 31.9 Å². The molecule has 0 bridgehead atoms. The van der Waals surface area contributed by atoms with Crippen LogP contribution in [0.2, 0.25) is 0 Å². The van der Waals surface area contributed by atoms with E-state index in [1.54, 1.807) is 12.2 Å². The summed E-state index contributed by atoms with van der Waals surface area (Å²) in [4.78, 5) is 36.9. The summed E-state index contributed by atoms with van der Waals surface area (Å²) >= 11 is 1.40. The third-order valence-electron chi connectivity index (χ3n) is 3.95. The average molecular weight is 377 g/mol. The van der Waals surface area contributed by atoms with Gasteiger partial charge in [0.05, 0.1) is 12.7 Å². The van der Waals surface area contributed by atoms with Crippen LogP contribution in [0.15, 0.2) is 24.3 Å². The van der Waals surface area contributed by atoms with Crippen molar-refractivity contribution >= 4 is 34.2 Å².